The van der Waals surface area contributed by atoms with E-state index >= 15 is 0 Å². The molecule has 1 aromatic carbocycles. The number of hydrogen-bond acceptors (Lipinski definition) is 2. The Hall–Kier alpha value is -0.935. The highest BCUT2D eigenvalue weighted by molar-refractivity contribution is 6.62. The quantitative estimate of drug-likeness (QED) is 0.775. The van der Waals surface area contributed by atoms with Crippen molar-refractivity contribution in [2.45, 2.75) is 57.4 Å². The molecule has 0 bridgehead atoms. The van der Waals surface area contributed by atoms with Gasteiger partial charge in [0.05, 0.1) is 11.2 Å². The fourth-order valence-electron chi connectivity index (χ4n) is 2.47. The third-order valence-electron chi connectivity index (χ3n) is 4.69. The zero-order valence-corrected chi connectivity index (χ0v) is 12.3. The van der Waals surface area contributed by atoms with Crippen LogP contribution >= 0.6 is 0 Å². The van der Waals surface area contributed by atoms with Crippen LogP contribution in [-0.4, -0.2) is 18.3 Å². The molecule has 1 aromatic rings. The summed E-state index contributed by atoms with van der Waals surface area (Å²) in [6.07, 6.45) is 0.867. The molecule has 0 unspecified atom stereocenters. The van der Waals surface area contributed by atoms with Crippen LogP contribution in [0.3, 0.4) is 0 Å². The molecule has 1 aliphatic heterocycles. The Balaban J connectivity index is 2.00. The summed E-state index contributed by atoms with van der Waals surface area (Å²) in [6.45, 7) is 7.77. The van der Waals surface area contributed by atoms with Gasteiger partial charge in [-0.1, -0.05) is 6.07 Å². The number of benzene rings is 1. The number of hydrogen-bond donors (Lipinski definition) is 0. The van der Waals surface area contributed by atoms with Gasteiger partial charge in [-0.15, -0.1) is 0 Å². The Morgan fingerprint density at radius 1 is 1.05 bits per heavy atom. The van der Waals surface area contributed by atoms with Crippen molar-refractivity contribution in [2.24, 2.45) is 0 Å². The van der Waals surface area contributed by atoms with Gasteiger partial charge < -0.3 is 9.31 Å². The summed E-state index contributed by atoms with van der Waals surface area (Å²) in [5.41, 5.74) is -1.42. The molecule has 0 N–H and O–H groups in total. The lowest BCUT2D eigenvalue weighted by atomic mass is 9.74. The highest BCUT2D eigenvalue weighted by atomic mass is 19.1. The second-order valence-corrected chi connectivity index (χ2v) is 6.79. The molecule has 3 rings (SSSR count). The summed E-state index contributed by atoms with van der Waals surface area (Å²) in [6, 6.07) is 4.18. The minimum Gasteiger partial charge on any atom is -0.399 e. The van der Waals surface area contributed by atoms with Crippen LogP contribution in [0.25, 0.3) is 0 Å². The normalized spacial score (nSPS) is 25.8. The Morgan fingerprint density at radius 2 is 1.60 bits per heavy atom. The molecule has 0 atom stereocenters. The number of halogens is 2. The van der Waals surface area contributed by atoms with Crippen molar-refractivity contribution >= 4 is 12.6 Å². The van der Waals surface area contributed by atoms with Gasteiger partial charge in [-0.2, -0.15) is 0 Å². The zero-order chi connectivity index (χ0) is 14.8. The van der Waals surface area contributed by atoms with Crippen molar-refractivity contribution in [1.82, 2.24) is 0 Å². The highest BCUT2D eigenvalue weighted by Crippen LogP contribution is 2.49. The smallest absolute Gasteiger partial charge is 0.399 e. The van der Waals surface area contributed by atoms with E-state index in [0.717, 1.165) is 0 Å². The number of alkyl halides is 1. The van der Waals surface area contributed by atoms with Crippen molar-refractivity contribution in [3.05, 3.63) is 29.6 Å². The molecule has 1 saturated heterocycles. The monoisotopic (exact) mass is 280 g/mol. The Morgan fingerprint density at radius 3 is 2.10 bits per heavy atom. The SMILES string of the molecule is CC1(C)OB(c2ccc(F)cc2C2(F)CC2)OC1(C)C. The third kappa shape index (κ3) is 2.08. The van der Waals surface area contributed by atoms with E-state index in [1.165, 1.54) is 12.1 Å². The van der Waals surface area contributed by atoms with Crippen LogP contribution in [0.2, 0.25) is 0 Å². The maximum absolute atomic E-state index is 14.4. The van der Waals surface area contributed by atoms with E-state index < -0.39 is 29.8 Å². The molecule has 2 fully saturated rings. The van der Waals surface area contributed by atoms with E-state index in [1.54, 1.807) is 6.07 Å². The maximum Gasteiger partial charge on any atom is 0.495 e. The van der Waals surface area contributed by atoms with Gasteiger partial charge >= 0.3 is 7.12 Å². The second kappa shape index (κ2) is 4.04. The maximum atomic E-state index is 14.4. The molecule has 1 heterocycles. The van der Waals surface area contributed by atoms with Gasteiger partial charge in [0.15, 0.2) is 0 Å². The van der Waals surface area contributed by atoms with E-state index in [-0.39, 0.29) is 0 Å². The Labute approximate surface area is 118 Å². The zero-order valence-electron chi connectivity index (χ0n) is 12.3. The van der Waals surface area contributed by atoms with Gasteiger partial charge in [0.2, 0.25) is 0 Å². The van der Waals surface area contributed by atoms with E-state index in [4.69, 9.17) is 9.31 Å². The Kier molecular flexibility index (Phi) is 2.84. The highest BCUT2D eigenvalue weighted by Gasteiger charge is 2.55. The summed E-state index contributed by atoms with van der Waals surface area (Å²) < 4.78 is 39.8. The summed E-state index contributed by atoms with van der Waals surface area (Å²) in [7, 11) is -0.649. The summed E-state index contributed by atoms with van der Waals surface area (Å²) in [4.78, 5) is 0. The fraction of sp³-hybridized carbons (Fsp3) is 0.600. The van der Waals surface area contributed by atoms with Gasteiger partial charge in [0.1, 0.15) is 11.5 Å². The standard InChI is InChI=1S/C15H19BF2O2/c1-13(2)14(3,4)20-16(19-13)12-6-5-10(17)9-11(12)15(18)7-8-15/h5-6,9H,7-8H2,1-4H3. The van der Waals surface area contributed by atoms with Gasteiger partial charge in [-0.25, -0.2) is 8.78 Å². The molecular weight excluding hydrogens is 261 g/mol. The first-order valence-corrected chi connectivity index (χ1v) is 6.99. The second-order valence-electron chi connectivity index (χ2n) is 6.79. The van der Waals surface area contributed by atoms with Crippen LogP contribution in [0.5, 0.6) is 0 Å². The average Bonchev–Trinajstić information content (AvgIpc) is 3.02. The topological polar surface area (TPSA) is 18.5 Å². The van der Waals surface area contributed by atoms with Gasteiger partial charge in [0, 0.05) is 0 Å². The number of rotatable bonds is 2. The first-order valence-electron chi connectivity index (χ1n) is 6.99. The van der Waals surface area contributed by atoms with Crippen molar-refractivity contribution in [3.8, 4) is 0 Å². The first kappa shape index (κ1) is 14.0. The fourth-order valence-corrected chi connectivity index (χ4v) is 2.47. The predicted octanol–water partition coefficient (Wildman–Crippen LogP) is 3.08. The molecule has 1 saturated carbocycles. The van der Waals surface area contributed by atoms with Crippen molar-refractivity contribution < 1.29 is 18.1 Å². The summed E-state index contributed by atoms with van der Waals surface area (Å²) in [5, 5.41) is 0. The molecule has 0 amide bonds. The lowest BCUT2D eigenvalue weighted by molar-refractivity contribution is 0.00578. The molecule has 108 valence electrons. The van der Waals surface area contributed by atoms with Crippen LogP contribution in [-0.2, 0) is 15.0 Å². The van der Waals surface area contributed by atoms with Crippen LogP contribution in [0.1, 0.15) is 46.1 Å². The molecule has 0 spiro atoms. The average molecular weight is 280 g/mol. The lowest BCUT2D eigenvalue weighted by Gasteiger charge is -2.32. The molecule has 2 aliphatic rings. The van der Waals surface area contributed by atoms with E-state index in [2.05, 4.69) is 0 Å². The largest absolute Gasteiger partial charge is 0.495 e. The summed E-state index contributed by atoms with van der Waals surface area (Å²) in [5.74, 6) is -0.427. The third-order valence-corrected chi connectivity index (χ3v) is 4.69. The molecule has 5 heteroatoms. The van der Waals surface area contributed by atoms with Crippen LogP contribution in [0.4, 0.5) is 8.78 Å². The lowest BCUT2D eigenvalue weighted by Crippen LogP contribution is -2.41. The van der Waals surface area contributed by atoms with Crippen molar-refractivity contribution in [1.29, 1.82) is 0 Å². The molecule has 0 aromatic heterocycles. The predicted molar refractivity (Wildman–Crippen MR) is 74.1 cm³/mol. The first-order chi connectivity index (χ1) is 9.15. The van der Waals surface area contributed by atoms with Gasteiger partial charge in [-0.05, 0) is 63.7 Å². The van der Waals surface area contributed by atoms with Crippen molar-refractivity contribution in [3.63, 3.8) is 0 Å². The van der Waals surface area contributed by atoms with E-state index in [1.807, 2.05) is 27.7 Å². The minimum absolute atomic E-state index is 0.371. The van der Waals surface area contributed by atoms with E-state index in [0.29, 0.717) is 23.9 Å². The van der Waals surface area contributed by atoms with Crippen molar-refractivity contribution in [2.75, 3.05) is 0 Å². The molecule has 1 aliphatic carbocycles. The van der Waals surface area contributed by atoms with Crippen LogP contribution < -0.4 is 5.46 Å². The summed E-state index contributed by atoms with van der Waals surface area (Å²) >= 11 is 0. The minimum atomic E-state index is -1.42. The van der Waals surface area contributed by atoms with Gasteiger partial charge in [0.25, 0.3) is 0 Å². The van der Waals surface area contributed by atoms with E-state index in [9.17, 15) is 8.78 Å². The Bertz CT molecular complexity index is 537. The molecule has 0 radical (unpaired) electrons. The van der Waals surface area contributed by atoms with Crippen LogP contribution in [0, 0.1) is 5.82 Å². The van der Waals surface area contributed by atoms with Crippen LogP contribution in [0.15, 0.2) is 18.2 Å². The van der Waals surface area contributed by atoms with Gasteiger partial charge in [-0.3, -0.25) is 0 Å². The molecular formula is C15H19BF2O2. The molecule has 20 heavy (non-hydrogen) atoms. The molecule has 2 nitrogen and oxygen atoms in total.